The van der Waals surface area contributed by atoms with Crippen molar-refractivity contribution in [3.8, 4) is 5.75 Å². The summed E-state index contributed by atoms with van der Waals surface area (Å²) in [5.74, 6) is 0.0905. The Hall–Kier alpha value is -1.68. The number of ether oxygens (including phenoxy) is 1. The first-order chi connectivity index (χ1) is 8.52. The van der Waals surface area contributed by atoms with Crippen LogP contribution >= 0.6 is 0 Å². The van der Waals surface area contributed by atoms with Gasteiger partial charge in [0.2, 0.25) is 0 Å². The third-order valence-corrected chi connectivity index (χ3v) is 2.29. The summed E-state index contributed by atoms with van der Waals surface area (Å²) in [6, 6.07) is 4.49. The van der Waals surface area contributed by atoms with Gasteiger partial charge in [0.25, 0.3) is 0 Å². The van der Waals surface area contributed by atoms with Crippen LogP contribution in [-0.4, -0.2) is 25.5 Å². The highest BCUT2D eigenvalue weighted by Crippen LogP contribution is 2.19. The highest BCUT2D eigenvalue weighted by molar-refractivity contribution is 5.91. The van der Waals surface area contributed by atoms with Crippen molar-refractivity contribution in [2.24, 2.45) is 0 Å². The first kappa shape index (κ1) is 14.4. The predicted octanol–water partition coefficient (Wildman–Crippen LogP) is 2.41. The lowest BCUT2D eigenvalue weighted by Crippen LogP contribution is -2.26. The maximum absolute atomic E-state index is 13.5. The molecule has 1 aromatic rings. The second-order valence-corrected chi connectivity index (χ2v) is 4.11. The van der Waals surface area contributed by atoms with E-state index in [-0.39, 0.29) is 17.7 Å². The second kappa shape index (κ2) is 6.91. The summed E-state index contributed by atoms with van der Waals surface area (Å²) >= 11 is 0. The van der Waals surface area contributed by atoms with Gasteiger partial charge in [-0.3, -0.25) is 4.79 Å². The number of rotatable bonds is 6. The zero-order valence-electron chi connectivity index (χ0n) is 10.9. The largest absolute Gasteiger partial charge is 0.489 e. The Morgan fingerprint density at radius 2 is 2.28 bits per heavy atom. The summed E-state index contributed by atoms with van der Waals surface area (Å²) in [4.78, 5) is 10.8. The number of halogens is 1. The van der Waals surface area contributed by atoms with Crippen molar-refractivity contribution in [3.63, 3.8) is 0 Å². The average Bonchev–Trinajstić information content (AvgIpc) is 2.30. The van der Waals surface area contributed by atoms with Crippen LogP contribution in [-0.2, 0) is 4.79 Å². The molecule has 0 aliphatic rings. The van der Waals surface area contributed by atoms with Crippen molar-refractivity contribution >= 4 is 11.9 Å². The topological polar surface area (TPSA) is 38.3 Å². The van der Waals surface area contributed by atoms with Crippen molar-refractivity contribution in [1.29, 1.82) is 0 Å². The molecule has 1 atom stereocenters. The lowest BCUT2D eigenvalue weighted by Gasteiger charge is -2.14. The molecule has 0 unspecified atom stereocenters. The van der Waals surface area contributed by atoms with E-state index in [0.29, 0.717) is 17.9 Å². The first-order valence-electron chi connectivity index (χ1n) is 5.82. The van der Waals surface area contributed by atoms with E-state index in [4.69, 9.17) is 4.74 Å². The molecule has 0 spiro atoms. The zero-order chi connectivity index (χ0) is 13.5. The minimum Gasteiger partial charge on any atom is -0.489 e. The van der Waals surface area contributed by atoms with Crippen molar-refractivity contribution in [1.82, 2.24) is 5.32 Å². The SMILES string of the molecule is CNC[C@H](C)Oc1ccc(F)c(/C=C/C(C)=O)c1. The monoisotopic (exact) mass is 251 g/mol. The van der Waals surface area contributed by atoms with Crippen LogP contribution in [0.25, 0.3) is 6.08 Å². The van der Waals surface area contributed by atoms with Gasteiger partial charge < -0.3 is 10.1 Å². The van der Waals surface area contributed by atoms with E-state index >= 15 is 0 Å². The van der Waals surface area contributed by atoms with Crippen LogP contribution in [0.5, 0.6) is 5.75 Å². The van der Waals surface area contributed by atoms with Gasteiger partial charge in [-0.25, -0.2) is 4.39 Å². The smallest absolute Gasteiger partial charge is 0.152 e. The fourth-order valence-corrected chi connectivity index (χ4v) is 1.49. The Bertz CT molecular complexity index is 443. The summed E-state index contributed by atoms with van der Waals surface area (Å²) in [5, 5.41) is 3.00. The van der Waals surface area contributed by atoms with E-state index in [0.717, 1.165) is 0 Å². The highest BCUT2D eigenvalue weighted by atomic mass is 19.1. The number of nitrogens with one attached hydrogen (secondary N) is 1. The van der Waals surface area contributed by atoms with Gasteiger partial charge in [0, 0.05) is 12.1 Å². The van der Waals surface area contributed by atoms with Crippen molar-refractivity contribution in [2.75, 3.05) is 13.6 Å². The first-order valence-corrected chi connectivity index (χ1v) is 5.82. The van der Waals surface area contributed by atoms with Crippen molar-refractivity contribution in [2.45, 2.75) is 20.0 Å². The van der Waals surface area contributed by atoms with E-state index in [1.54, 1.807) is 12.1 Å². The Morgan fingerprint density at radius 3 is 2.89 bits per heavy atom. The molecule has 98 valence electrons. The minimum atomic E-state index is -0.374. The molecule has 1 N–H and O–H groups in total. The van der Waals surface area contributed by atoms with Gasteiger partial charge in [-0.2, -0.15) is 0 Å². The van der Waals surface area contributed by atoms with Crippen LogP contribution in [0.4, 0.5) is 4.39 Å². The molecule has 0 amide bonds. The molecule has 0 bridgehead atoms. The number of ketones is 1. The zero-order valence-corrected chi connectivity index (χ0v) is 10.9. The van der Waals surface area contributed by atoms with Crippen LogP contribution in [0.3, 0.4) is 0 Å². The van der Waals surface area contributed by atoms with E-state index in [9.17, 15) is 9.18 Å². The summed E-state index contributed by atoms with van der Waals surface area (Å²) < 4.78 is 19.1. The molecule has 0 radical (unpaired) electrons. The van der Waals surface area contributed by atoms with Crippen LogP contribution in [0.1, 0.15) is 19.4 Å². The number of hydrogen-bond donors (Lipinski definition) is 1. The molecule has 1 aromatic carbocycles. The van der Waals surface area contributed by atoms with E-state index in [2.05, 4.69) is 5.32 Å². The van der Waals surface area contributed by atoms with Crippen LogP contribution in [0.2, 0.25) is 0 Å². The number of carbonyl (C=O) groups excluding carboxylic acids is 1. The standard InChI is InChI=1S/C14H18FNO2/c1-10(17)4-5-12-8-13(6-7-14(12)15)18-11(2)9-16-3/h4-8,11,16H,9H2,1-3H3/b5-4+/t11-/m0/s1. The molecular weight excluding hydrogens is 233 g/mol. The summed E-state index contributed by atoms with van der Waals surface area (Å²) in [5.41, 5.74) is 0.347. The van der Waals surface area contributed by atoms with E-state index < -0.39 is 0 Å². The van der Waals surface area contributed by atoms with E-state index in [1.165, 1.54) is 25.1 Å². The minimum absolute atomic E-state index is 0.00917. The molecule has 0 aromatic heterocycles. The maximum atomic E-state index is 13.5. The molecule has 0 aliphatic carbocycles. The molecule has 0 saturated heterocycles. The van der Waals surface area contributed by atoms with E-state index in [1.807, 2.05) is 14.0 Å². The molecule has 1 rings (SSSR count). The Labute approximate surface area is 107 Å². The van der Waals surface area contributed by atoms with Crippen LogP contribution in [0.15, 0.2) is 24.3 Å². The quantitative estimate of drug-likeness (QED) is 0.789. The molecular formula is C14H18FNO2. The highest BCUT2D eigenvalue weighted by Gasteiger charge is 2.05. The molecule has 0 heterocycles. The van der Waals surface area contributed by atoms with Gasteiger partial charge in [-0.1, -0.05) is 0 Å². The number of hydrogen-bond acceptors (Lipinski definition) is 3. The normalized spacial score (nSPS) is 12.7. The maximum Gasteiger partial charge on any atom is 0.152 e. The molecule has 0 aliphatic heterocycles. The summed E-state index contributed by atoms with van der Waals surface area (Å²) in [6.45, 7) is 4.05. The second-order valence-electron chi connectivity index (χ2n) is 4.11. The van der Waals surface area contributed by atoms with Gasteiger partial charge in [0.05, 0.1) is 0 Å². The number of benzene rings is 1. The Balaban J connectivity index is 2.83. The van der Waals surface area contributed by atoms with Crippen LogP contribution < -0.4 is 10.1 Å². The molecule has 3 nitrogen and oxygen atoms in total. The molecule has 18 heavy (non-hydrogen) atoms. The fourth-order valence-electron chi connectivity index (χ4n) is 1.49. The summed E-state index contributed by atoms with van der Waals surface area (Å²) in [6.07, 6.45) is 2.78. The Kier molecular flexibility index (Phi) is 5.52. The molecule has 0 saturated carbocycles. The van der Waals surface area contributed by atoms with Crippen molar-refractivity contribution < 1.29 is 13.9 Å². The Morgan fingerprint density at radius 1 is 1.56 bits per heavy atom. The van der Waals surface area contributed by atoms with Crippen LogP contribution in [0, 0.1) is 5.82 Å². The molecule has 4 heteroatoms. The average molecular weight is 251 g/mol. The third kappa shape index (κ3) is 4.67. The number of likely N-dealkylation sites (N-methyl/N-ethyl adjacent to an activating group) is 1. The van der Waals surface area contributed by atoms with Gasteiger partial charge >= 0.3 is 0 Å². The predicted molar refractivity (Wildman–Crippen MR) is 70.1 cm³/mol. The third-order valence-electron chi connectivity index (χ3n) is 2.29. The molecule has 0 fully saturated rings. The number of carbonyl (C=O) groups is 1. The lowest BCUT2D eigenvalue weighted by molar-refractivity contribution is -0.112. The summed E-state index contributed by atoms with van der Waals surface area (Å²) in [7, 11) is 1.84. The fraction of sp³-hybridized carbons (Fsp3) is 0.357. The van der Waals surface area contributed by atoms with Gasteiger partial charge in [0.1, 0.15) is 17.7 Å². The number of allylic oxidation sites excluding steroid dienone is 1. The van der Waals surface area contributed by atoms with Crippen molar-refractivity contribution in [3.05, 3.63) is 35.7 Å². The van der Waals surface area contributed by atoms with Gasteiger partial charge in [0.15, 0.2) is 5.78 Å². The van der Waals surface area contributed by atoms with Gasteiger partial charge in [-0.05, 0) is 51.2 Å². The van der Waals surface area contributed by atoms with Gasteiger partial charge in [-0.15, -0.1) is 0 Å². The lowest BCUT2D eigenvalue weighted by atomic mass is 10.1.